The quantitative estimate of drug-likeness (QED) is 0.239. The third kappa shape index (κ3) is 8.25. The van der Waals surface area contributed by atoms with Crippen LogP contribution in [0.1, 0.15) is 33.3 Å². The molecule has 0 saturated heterocycles. The number of benzene rings is 1. The zero-order chi connectivity index (χ0) is 20.6. The van der Waals surface area contributed by atoms with Gasteiger partial charge in [0.2, 0.25) is 5.28 Å². The van der Waals surface area contributed by atoms with Crippen LogP contribution in [0, 0.1) is 5.21 Å². The molecule has 0 spiro atoms. The summed E-state index contributed by atoms with van der Waals surface area (Å²) in [6.45, 7) is 6.33. The summed E-state index contributed by atoms with van der Waals surface area (Å²) in [6.07, 6.45) is -2.10. The van der Waals surface area contributed by atoms with Crippen molar-refractivity contribution in [2.45, 2.75) is 52.0 Å². The number of hydrogen-bond donors (Lipinski definition) is 1. The fourth-order valence-electron chi connectivity index (χ4n) is 1.93. The van der Waals surface area contributed by atoms with Crippen molar-refractivity contribution in [3.05, 3.63) is 41.1 Å². The van der Waals surface area contributed by atoms with E-state index in [2.05, 4.69) is 5.28 Å². The average Bonchev–Trinajstić information content (AvgIpc) is 2.55. The lowest BCUT2D eigenvalue weighted by atomic mass is 10.1. The van der Waals surface area contributed by atoms with Crippen LogP contribution in [0.3, 0.4) is 0 Å². The Balaban J connectivity index is 2.67. The largest absolute Gasteiger partial charge is 0.569 e. The first kappa shape index (κ1) is 22.0. The van der Waals surface area contributed by atoms with Crippen LogP contribution < -0.4 is 0 Å². The Labute approximate surface area is 157 Å². The van der Waals surface area contributed by atoms with E-state index in [1.54, 1.807) is 51.1 Å². The van der Waals surface area contributed by atoms with E-state index in [0.29, 0.717) is 0 Å². The second-order valence-corrected chi connectivity index (χ2v) is 6.71. The summed E-state index contributed by atoms with van der Waals surface area (Å²) in [5.41, 5.74) is -0.00192. The van der Waals surface area contributed by atoms with Crippen molar-refractivity contribution < 1.29 is 34.0 Å². The number of carbonyl (C=O) groups is 2. The maximum absolute atomic E-state index is 12.0. The fourth-order valence-corrected chi connectivity index (χ4v) is 1.93. The van der Waals surface area contributed by atoms with Crippen LogP contribution in [-0.2, 0) is 25.5 Å². The minimum atomic E-state index is -1.21. The first-order chi connectivity index (χ1) is 12.5. The van der Waals surface area contributed by atoms with Gasteiger partial charge in [0.15, 0.2) is 6.04 Å². The van der Waals surface area contributed by atoms with Crippen molar-refractivity contribution in [3.8, 4) is 0 Å². The number of rotatable bonds is 8. The van der Waals surface area contributed by atoms with Crippen LogP contribution in [0.15, 0.2) is 35.6 Å². The van der Waals surface area contributed by atoms with Crippen molar-refractivity contribution in [3.63, 3.8) is 0 Å². The SMILES string of the molecule is CC(ON=[N+]([O-])N(C)[C@@H](Cc1ccccc1)C(=O)O)OC(=O)OC(C)(C)C. The molecule has 1 N–H and O–H groups in total. The number of carboxylic acid groups (broad SMARTS) is 1. The van der Waals surface area contributed by atoms with Gasteiger partial charge in [0, 0.05) is 13.3 Å². The summed E-state index contributed by atoms with van der Waals surface area (Å²) in [7, 11) is 1.26. The number of carbonyl (C=O) groups excluding carboxylic acids is 1. The standard InChI is InChI=1S/C17H25N3O7/c1-12(25-16(23)26-17(2,3)4)27-18-20(24)19(5)14(15(21)22)11-13-9-7-6-8-10-13/h6-10,12,14H,11H2,1-5H3,(H,21,22)/t12?,14-/m0/s1. The van der Waals surface area contributed by atoms with Gasteiger partial charge >= 0.3 is 12.1 Å². The van der Waals surface area contributed by atoms with Crippen molar-refractivity contribution >= 4 is 12.1 Å². The van der Waals surface area contributed by atoms with Crippen molar-refractivity contribution in [1.29, 1.82) is 0 Å². The molecule has 0 bridgehead atoms. The molecule has 10 nitrogen and oxygen atoms in total. The molecule has 0 fully saturated rings. The monoisotopic (exact) mass is 383 g/mol. The summed E-state index contributed by atoms with van der Waals surface area (Å²) in [5.74, 6) is -1.20. The highest BCUT2D eigenvalue weighted by molar-refractivity contribution is 5.73. The molecule has 2 atom stereocenters. The van der Waals surface area contributed by atoms with Gasteiger partial charge < -0.3 is 19.8 Å². The van der Waals surface area contributed by atoms with Gasteiger partial charge in [-0.3, -0.25) is 4.84 Å². The Kier molecular flexibility index (Phi) is 7.82. The highest BCUT2D eigenvalue weighted by atomic mass is 16.8. The number of likely N-dealkylation sites (N-methyl/N-ethyl adjacent to an activating group) is 1. The summed E-state index contributed by atoms with van der Waals surface area (Å²) >= 11 is 0. The first-order valence-electron chi connectivity index (χ1n) is 8.22. The number of ether oxygens (including phenoxy) is 2. The summed E-state index contributed by atoms with van der Waals surface area (Å²) in [4.78, 5) is 27.7. The Morgan fingerprint density at radius 3 is 2.41 bits per heavy atom. The van der Waals surface area contributed by atoms with E-state index in [0.717, 1.165) is 10.6 Å². The molecule has 0 heterocycles. The van der Waals surface area contributed by atoms with Crippen molar-refractivity contribution in [2.24, 2.45) is 5.28 Å². The average molecular weight is 383 g/mol. The zero-order valence-corrected chi connectivity index (χ0v) is 16.0. The van der Waals surface area contributed by atoms with Gasteiger partial charge in [-0.25, -0.2) is 9.59 Å². The third-order valence-electron chi connectivity index (χ3n) is 3.20. The minimum Gasteiger partial charge on any atom is -0.569 e. The van der Waals surface area contributed by atoms with Gasteiger partial charge in [-0.15, -0.1) is 5.01 Å². The highest BCUT2D eigenvalue weighted by Crippen LogP contribution is 2.11. The van der Waals surface area contributed by atoms with E-state index in [9.17, 15) is 19.9 Å². The van der Waals surface area contributed by atoms with Gasteiger partial charge in [-0.05, 0) is 26.3 Å². The number of nitrogens with zero attached hydrogens (tertiary/aromatic N) is 3. The molecule has 27 heavy (non-hydrogen) atoms. The second-order valence-electron chi connectivity index (χ2n) is 6.71. The highest BCUT2D eigenvalue weighted by Gasteiger charge is 2.29. The van der Waals surface area contributed by atoms with E-state index in [-0.39, 0.29) is 11.4 Å². The Morgan fingerprint density at radius 1 is 1.30 bits per heavy atom. The number of carboxylic acids is 1. The Hall–Kier alpha value is -3.04. The molecule has 0 aromatic heterocycles. The van der Waals surface area contributed by atoms with E-state index in [4.69, 9.17) is 14.3 Å². The molecule has 0 saturated carbocycles. The lowest BCUT2D eigenvalue weighted by molar-refractivity contribution is -0.712. The van der Waals surface area contributed by atoms with E-state index in [1.807, 2.05) is 0 Å². The molecule has 0 radical (unpaired) electrons. The number of hydrazine groups is 1. The van der Waals surface area contributed by atoms with Crippen LogP contribution >= 0.6 is 0 Å². The lowest BCUT2D eigenvalue weighted by Gasteiger charge is -2.21. The van der Waals surface area contributed by atoms with Gasteiger partial charge in [0.25, 0.3) is 6.29 Å². The molecule has 1 unspecified atom stereocenters. The van der Waals surface area contributed by atoms with Gasteiger partial charge in [0.1, 0.15) is 5.60 Å². The second kappa shape index (κ2) is 9.60. The maximum atomic E-state index is 12.0. The summed E-state index contributed by atoms with van der Waals surface area (Å²) in [5, 5.41) is 25.5. The summed E-state index contributed by atoms with van der Waals surface area (Å²) < 4.78 is 9.72. The molecule has 10 heteroatoms. The fraction of sp³-hybridized carbons (Fsp3) is 0.529. The number of hydrogen-bond acceptors (Lipinski definition) is 7. The lowest BCUT2D eigenvalue weighted by Crippen LogP contribution is -2.44. The normalized spacial score (nSPS) is 14.0. The van der Waals surface area contributed by atoms with Crippen LogP contribution in [-0.4, -0.2) is 52.2 Å². The van der Waals surface area contributed by atoms with Crippen molar-refractivity contribution in [2.75, 3.05) is 7.05 Å². The molecule has 0 amide bonds. The number of aliphatic carboxylic acids is 1. The zero-order valence-electron chi connectivity index (χ0n) is 16.0. The molecule has 0 aliphatic rings. The topological polar surface area (TPSA) is 124 Å². The predicted molar refractivity (Wildman–Crippen MR) is 93.3 cm³/mol. The van der Waals surface area contributed by atoms with Gasteiger partial charge in [-0.2, -0.15) is 0 Å². The first-order valence-corrected chi connectivity index (χ1v) is 8.22. The Bertz CT molecular complexity index is 658. The molecular formula is C17H25N3O7. The van der Waals surface area contributed by atoms with Crippen LogP contribution in [0.25, 0.3) is 0 Å². The molecule has 1 aromatic rings. The van der Waals surface area contributed by atoms with Gasteiger partial charge in [-0.1, -0.05) is 30.3 Å². The smallest absolute Gasteiger partial charge is 0.511 e. The molecule has 0 aliphatic heterocycles. The Morgan fingerprint density at radius 2 is 1.89 bits per heavy atom. The predicted octanol–water partition coefficient (Wildman–Crippen LogP) is 2.72. The van der Waals surface area contributed by atoms with E-state index in [1.165, 1.54) is 14.0 Å². The van der Waals surface area contributed by atoms with Gasteiger partial charge in [0.05, 0.1) is 12.0 Å². The van der Waals surface area contributed by atoms with Crippen LogP contribution in [0.2, 0.25) is 0 Å². The van der Waals surface area contributed by atoms with Crippen molar-refractivity contribution in [1.82, 2.24) is 5.01 Å². The van der Waals surface area contributed by atoms with E-state index < -0.39 is 30.1 Å². The van der Waals surface area contributed by atoms with Crippen LogP contribution in [0.4, 0.5) is 4.79 Å². The minimum absolute atomic E-state index is 0.0172. The summed E-state index contributed by atoms with van der Waals surface area (Å²) in [6, 6.07) is 7.68. The van der Waals surface area contributed by atoms with Crippen LogP contribution in [0.5, 0.6) is 0 Å². The molecule has 1 aromatic carbocycles. The molecule has 150 valence electrons. The molecular weight excluding hydrogens is 358 g/mol. The molecule has 1 rings (SSSR count). The maximum Gasteiger partial charge on any atom is 0.511 e. The third-order valence-corrected chi connectivity index (χ3v) is 3.20. The molecule has 0 aliphatic carbocycles. The van der Waals surface area contributed by atoms with E-state index >= 15 is 0 Å².